The van der Waals surface area contributed by atoms with Crippen LogP contribution in [0.4, 0.5) is 0 Å². The van der Waals surface area contributed by atoms with Gasteiger partial charge in [-0.3, -0.25) is 4.79 Å². The second-order valence-corrected chi connectivity index (χ2v) is 12.3. The zero-order chi connectivity index (χ0) is 21.7. The highest BCUT2D eigenvalue weighted by Gasteiger charge is 2.72. The molecule has 0 N–H and O–H groups in total. The second kappa shape index (κ2) is 6.23. The molecule has 3 heteroatoms. The molecule has 0 amide bonds. The van der Waals surface area contributed by atoms with Crippen LogP contribution in [-0.4, -0.2) is 24.8 Å². The van der Waals surface area contributed by atoms with Crippen LogP contribution in [0.25, 0.3) is 0 Å². The molecule has 1 saturated heterocycles. The van der Waals surface area contributed by atoms with Gasteiger partial charge >= 0.3 is 0 Å². The van der Waals surface area contributed by atoms with Crippen molar-refractivity contribution in [1.29, 1.82) is 0 Å². The molecule has 1 aliphatic heterocycles. The zero-order valence-electron chi connectivity index (χ0n) is 19.8. The average Bonchev–Trinajstić information content (AvgIpc) is 3.19. The molecular weight excluding hydrogens is 386 g/mol. The number of carbonyl (C=O) groups excluding carboxylic acids is 1. The van der Waals surface area contributed by atoms with E-state index in [0.717, 1.165) is 51.7 Å². The van der Waals surface area contributed by atoms with E-state index in [9.17, 15) is 4.79 Å². The highest BCUT2D eigenvalue weighted by molar-refractivity contribution is 5.89. The van der Waals surface area contributed by atoms with Crippen LogP contribution >= 0.6 is 0 Å². The van der Waals surface area contributed by atoms with Gasteiger partial charge in [-0.15, -0.1) is 0 Å². The van der Waals surface area contributed by atoms with E-state index in [0.29, 0.717) is 18.1 Å². The molecule has 0 aromatic heterocycles. The van der Waals surface area contributed by atoms with Crippen molar-refractivity contribution in [1.82, 2.24) is 0 Å². The van der Waals surface area contributed by atoms with Crippen molar-refractivity contribution in [2.24, 2.45) is 27.6 Å². The molecule has 2 bridgehead atoms. The molecule has 1 heterocycles. The molecule has 0 aromatic rings. The molecule has 4 atom stereocenters. The van der Waals surface area contributed by atoms with Crippen LogP contribution in [0.2, 0.25) is 0 Å². The summed E-state index contributed by atoms with van der Waals surface area (Å²) < 4.78 is 12.7. The van der Waals surface area contributed by atoms with Crippen molar-refractivity contribution >= 4 is 5.78 Å². The van der Waals surface area contributed by atoms with E-state index in [1.54, 1.807) is 16.7 Å². The minimum absolute atomic E-state index is 0.0659. The summed E-state index contributed by atoms with van der Waals surface area (Å²) in [5.41, 5.74) is 4.97. The van der Waals surface area contributed by atoms with Crippen LogP contribution in [0.1, 0.15) is 85.5 Å². The molecule has 1 spiro atoms. The van der Waals surface area contributed by atoms with Gasteiger partial charge < -0.3 is 9.47 Å². The molecule has 1 saturated carbocycles. The average molecular weight is 425 g/mol. The third-order valence-corrected chi connectivity index (χ3v) is 10.4. The summed E-state index contributed by atoms with van der Waals surface area (Å²) >= 11 is 0. The van der Waals surface area contributed by atoms with Crippen LogP contribution in [0.3, 0.4) is 0 Å². The summed E-state index contributed by atoms with van der Waals surface area (Å²) in [6.07, 6.45) is 16.7. The molecule has 168 valence electrons. The molecule has 31 heavy (non-hydrogen) atoms. The predicted octanol–water partition coefficient (Wildman–Crippen LogP) is 6.30. The minimum atomic E-state index is -0.382. The van der Waals surface area contributed by atoms with E-state index in [1.807, 2.05) is 6.92 Å². The Morgan fingerprint density at radius 1 is 1.10 bits per heavy atom. The van der Waals surface area contributed by atoms with Crippen molar-refractivity contribution in [3.63, 3.8) is 0 Å². The highest BCUT2D eigenvalue weighted by Crippen LogP contribution is 2.77. The van der Waals surface area contributed by atoms with E-state index >= 15 is 0 Å². The first-order chi connectivity index (χ1) is 14.7. The fourth-order valence-electron chi connectivity index (χ4n) is 8.48. The molecule has 0 unspecified atom stereocenters. The summed E-state index contributed by atoms with van der Waals surface area (Å²) in [6, 6.07) is 0. The third kappa shape index (κ3) is 2.40. The monoisotopic (exact) mass is 424 g/mol. The van der Waals surface area contributed by atoms with E-state index in [1.165, 1.54) is 12.8 Å². The van der Waals surface area contributed by atoms with Crippen LogP contribution in [0.5, 0.6) is 0 Å². The molecular formula is C28H38O3. The van der Waals surface area contributed by atoms with E-state index < -0.39 is 0 Å². The van der Waals surface area contributed by atoms with Gasteiger partial charge in [-0.25, -0.2) is 0 Å². The van der Waals surface area contributed by atoms with Gasteiger partial charge in [0, 0.05) is 30.1 Å². The standard InChI is InChI=1S/C28H38O3/c1-5-23(29)27-14-12-26(13-15-27)22-7-6-19-16-28(30-17-24(2,3)18-31-28)11-9-20(19)21(22)8-10-25(26,27)4/h8,12,14,22H,5-7,9-11,13,15-18H2,1-4H3/t22-,25+,26-,27+/m1/s1/i1+2. The maximum absolute atomic E-state index is 13.1. The number of allylic oxidation sites excluding steroid dienone is 5. The van der Waals surface area contributed by atoms with Gasteiger partial charge in [0.05, 0.1) is 18.6 Å². The van der Waals surface area contributed by atoms with Crippen LogP contribution in [0.15, 0.2) is 34.9 Å². The summed E-state index contributed by atoms with van der Waals surface area (Å²) in [7, 11) is 0. The van der Waals surface area contributed by atoms with Crippen molar-refractivity contribution in [3.8, 4) is 0 Å². The van der Waals surface area contributed by atoms with Gasteiger partial charge in [0.15, 0.2) is 5.79 Å². The maximum Gasteiger partial charge on any atom is 0.172 e. The SMILES string of the molecule is CC1(C)COC2(CCC3=C(CC[C@@H]4C3=CC[C@]3(C)[C@@]5(C(=O)C[14CH3])C=C[C@@]43CC5)C2)OC1. The largest absolute Gasteiger partial charge is 0.349 e. The number of carbonyl (C=O) groups is 1. The first-order valence-electron chi connectivity index (χ1n) is 12.6. The topological polar surface area (TPSA) is 35.5 Å². The predicted molar refractivity (Wildman–Crippen MR) is 121 cm³/mol. The number of ketones is 1. The molecule has 6 rings (SSSR count). The lowest BCUT2D eigenvalue weighted by Crippen LogP contribution is -2.51. The van der Waals surface area contributed by atoms with Crippen LogP contribution < -0.4 is 0 Å². The van der Waals surface area contributed by atoms with Crippen molar-refractivity contribution in [2.45, 2.75) is 91.3 Å². The Kier molecular flexibility index (Phi) is 4.10. The first kappa shape index (κ1) is 20.4. The third-order valence-electron chi connectivity index (χ3n) is 10.4. The quantitative estimate of drug-likeness (QED) is 0.488. The second-order valence-electron chi connectivity index (χ2n) is 12.3. The maximum atomic E-state index is 13.1. The highest BCUT2D eigenvalue weighted by atomic mass is 16.7. The number of hydrogen-bond acceptors (Lipinski definition) is 3. The van der Waals surface area contributed by atoms with E-state index in [-0.39, 0.29) is 27.4 Å². The number of ether oxygens (including phenoxy) is 2. The molecule has 2 fully saturated rings. The smallest absolute Gasteiger partial charge is 0.172 e. The Balaban J connectivity index is 1.33. The lowest BCUT2D eigenvalue weighted by molar-refractivity contribution is -0.302. The number of Topliss-reactive ketones (excluding diaryl/α,β-unsaturated/α-hetero) is 1. The first-order valence-corrected chi connectivity index (χ1v) is 12.6. The molecule has 0 aromatic carbocycles. The van der Waals surface area contributed by atoms with Gasteiger partial charge in [0.25, 0.3) is 0 Å². The normalized spacial score (nSPS) is 44.0. The lowest BCUT2D eigenvalue weighted by Gasteiger charge is -2.55. The van der Waals surface area contributed by atoms with Crippen LogP contribution in [0, 0.1) is 27.6 Å². The van der Waals surface area contributed by atoms with Crippen molar-refractivity contribution < 1.29 is 14.3 Å². The van der Waals surface area contributed by atoms with E-state index in [4.69, 9.17) is 9.47 Å². The van der Waals surface area contributed by atoms with Gasteiger partial charge in [0.1, 0.15) is 5.78 Å². The number of hydrogen-bond donors (Lipinski definition) is 0. The van der Waals surface area contributed by atoms with Gasteiger partial charge in [0.2, 0.25) is 0 Å². The summed E-state index contributed by atoms with van der Waals surface area (Å²) in [4.78, 5) is 13.1. The Labute approximate surface area is 187 Å². The molecule has 3 nitrogen and oxygen atoms in total. The van der Waals surface area contributed by atoms with Crippen LogP contribution in [-0.2, 0) is 14.3 Å². The van der Waals surface area contributed by atoms with Gasteiger partial charge in [-0.1, -0.05) is 51.5 Å². The Morgan fingerprint density at radius 3 is 2.55 bits per heavy atom. The van der Waals surface area contributed by atoms with Gasteiger partial charge in [-0.2, -0.15) is 0 Å². The van der Waals surface area contributed by atoms with Gasteiger partial charge in [-0.05, 0) is 61.0 Å². The van der Waals surface area contributed by atoms with Crippen molar-refractivity contribution in [2.75, 3.05) is 13.2 Å². The Bertz CT molecular complexity index is 926. The fraction of sp³-hybridized carbons (Fsp3) is 0.750. The summed E-state index contributed by atoms with van der Waals surface area (Å²) in [6.45, 7) is 10.5. The summed E-state index contributed by atoms with van der Waals surface area (Å²) in [5, 5.41) is 0. The number of rotatable bonds is 2. The molecule has 6 aliphatic rings. The Hall–Kier alpha value is -1.19. The fourth-order valence-corrected chi connectivity index (χ4v) is 8.48. The minimum Gasteiger partial charge on any atom is -0.349 e. The van der Waals surface area contributed by atoms with E-state index in [2.05, 4.69) is 39.0 Å². The number of fused-ring (bicyclic) bond motifs is 2. The summed E-state index contributed by atoms with van der Waals surface area (Å²) in [5.74, 6) is 0.663. The molecule has 5 aliphatic carbocycles. The van der Waals surface area contributed by atoms with Crippen molar-refractivity contribution in [3.05, 3.63) is 34.9 Å². The Morgan fingerprint density at radius 2 is 1.87 bits per heavy atom. The molecule has 0 radical (unpaired) electrons. The lowest BCUT2D eigenvalue weighted by atomic mass is 9.49. The zero-order valence-corrected chi connectivity index (χ0v) is 19.8.